The highest BCUT2D eigenvalue weighted by Gasteiger charge is 2.31. The highest BCUT2D eigenvalue weighted by molar-refractivity contribution is 6.01. The van der Waals surface area contributed by atoms with Crippen LogP contribution in [0.4, 0.5) is 11.4 Å². The van der Waals surface area contributed by atoms with Crippen LogP contribution in [0.5, 0.6) is 5.75 Å². The van der Waals surface area contributed by atoms with Crippen molar-refractivity contribution in [3.8, 4) is 5.75 Å². The SMILES string of the molecule is CCc1cccc(CC)c1NC(=O)CCN1C(=O)[C@@H](C)Oc2ccccc21. The Morgan fingerprint density at radius 2 is 1.74 bits per heavy atom. The predicted molar refractivity (Wildman–Crippen MR) is 107 cm³/mol. The van der Waals surface area contributed by atoms with Gasteiger partial charge in [-0.2, -0.15) is 0 Å². The molecule has 2 aromatic rings. The number of nitrogens with zero attached hydrogens (tertiary/aromatic N) is 1. The summed E-state index contributed by atoms with van der Waals surface area (Å²) < 4.78 is 5.65. The molecule has 2 aromatic carbocycles. The van der Waals surface area contributed by atoms with Crippen molar-refractivity contribution in [1.29, 1.82) is 0 Å². The van der Waals surface area contributed by atoms with Crippen LogP contribution in [-0.2, 0) is 22.4 Å². The third-order valence-electron chi connectivity index (χ3n) is 4.90. The molecule has 0 aliphatic carbocycles. The van der Waals surface area contributed by atoms with E-state index in [0.29, 0.717) is 12.3 Å². The van der Waals surface area contributed by atoms with Crippen LogP contribution in [0.1, 0.15) is 38.3 Å². The number of amides is 2. The third kappa shape index (κ3) is 3.97. The molecule has 0 spiro atoms. The molecule has 1 aliphatic heterocycles. The van der Waals surface area contributed by atoms with Gasteiger partial charge in [-0.15, -0.1) is 0 Å². The van der Waals surface area contributed by atoms with Crippen molar-refractivity contribution in [3.05, 3.63) is 53.6 Å². The van der Waals surface area contributed by atoms with E-state index in [1.807, 2.05) is 42.5 Å². The Hall–Kier alpha value is -2.82. The number of ether oxygens (including phenoxy) is 1. The molecular formula is C22H26N2O3. The number of rotatable bonds is 6. The first-order valence-electron chi connectivity index (χ1n) is 9.52. The predicted octanol–water partition coefficient (Wildman–Crippen LogP) is 3.95. The van der Waals surface area contributed by atoms with Gasteiger partial charge >= 0.3 is 0 Å². The van der Waals surface area contributed by atoms with Gasteiger partial charge in [-0.3, -0.25) is 9.59 Å². The minimum absolute atomic E-state index is 0.0879. The van der Waals surface area contributed by atoms with Crippen LogP contribution in [0.3, 0.4) is 0 Å². The number of fused-ring (bicyclic) bond motifs is 1. The maximum Gasteiger partial charge on any atom is 0.267 e. The van der Waals surface area contributed by atoms with Crippen LogP contribution < -0.4 is 15.0 Å². The first-order valence-corrected chi connectivity index (χ1v) is 9.52. The molecule has 0 unspecified atom stereocenters. The van der Waals surface area contributed by atoms with Crippen molar-refractivity contribution in [1.82, 2.24) is 0 Å². The fourth-order valence-corrected chi connectivity index (χ4v) is 3.41. The molecule has 2 amide bonds. The lowest BCUT2D eigenvalue weighted by molar-refractivity contribution is -0.125. The lowest BCUT2D eigenvalue weighted by Crippen LogP contribution is -2.45. The first kappa shape index (κ1) is 19.0. The van der Waals surface area contributed by atoms with Crippen LogP contribution in [0.25, 0.3) is 0 Å². The summed E-state index contributed by atoms with van der Waals surface area (Å²) in [6.45, 7) is 6.21. The van der Waals surface area contributed by atoms with Gasteiger partial charge < -0.3 is 15.0 Å². The number of hydrogen-bond donors (Lipinski definition) is 1. The van der Waals surface area contributed by atoms with Gasteiger partial charge in [0.15, 0.2) is 6.10 Å². The summed E-state index contributed by atoms with van der Waals surface area (Å²) in [6, 6.07) is 13.5. The Morgan fingerprint density at radius 1 is 1.07 bits per heavy atom. The molecule has 3 rings (SSSR count). The van der Waals surface area contributed by atoms with E-state index >= 15 is 0 Å². The van der Waals surface area contributed by atoms with Gasteiger partial charge in [0.2, 0.25) is 5.91 Å². The summed E-state index contributed by atoms with van der Waals surface area (Å²) in [4.78, 5) is 26.8. The monoisotopic (exact) mass is 366 g/mol. The molecule has 0 radical (unpaired) electrons. The molecular weight excluding hydrogens is 340 g/mol. The summed E-state index contributed by atoms with van der Waals surface area (Å²) in [5.41, 5.74) is 3.89. The Morgan fingerprint density at radius 3 is 2.41 bits per heavy atom. The second-order valence-electron chi connectivity index (χ2n) is 6.67. The topological polar surface area (TPSA) is 58.6 Å². The normalized spacial score (nSPS) is 15.9. The van der Waals surface area contributed by atoms with E-state index in [-0.39, 0.29) is 18.2 Å². The number of carbonyl (C=O) groups is 2. The number of para-hydroxylation sites is 3. The number of carbonyl (C=O) groups excluding carboxylic acids is 2. The number of anilines is 2. The molecule has 0 aromatic heterocycles. The zero-order valence-corrected chi connectivity index (χ0v) is 16.1. The van der Waals surface area contributed by atoms with Crippen molar-refractivity contribution >= 4 is 23.2 Å². The Kier molecular flexibility index (Phi) is 5.79. The molecule has 5 nitrogen and oxygen atoms in total. The van der Waals surface area contributed by atoms with E-state index in [2.05, 4.69) is 19.2 Å². The molecule has 1 heterocycles. The summed E-state index contributed by atoms with van der Waals surface area (Å²) in [7, 11) is 0. The molecule has 27 heavy (non-hydrogen) atoms. The lowest BCUT2D eigenvalue weighted by atomic mass is 10.0. The van der Waals surface area contributed by atoms with Gasteiger partial charge in [-0.1, -0.05) is 44.2 Å². The standard InChI is InChI=1S/C22H26N2O3/c1-4-16-9-8-10-17(5-2)21(16)23-20(25)13-14-24-18-11-6-7-12-19(18)27-15(3)22(24)26/h6-12,15H,4-5,13-14H2,1-3H3,(H,23,25)/t15-/m1/s1. The average Bonchev–Trinajstić information content (AvgIpc) is 2.68. The Labute approximate surface area is 160 Å². The maximum atomic E-state index is 12.6. The Bertz CT molecular complexity index is 825. The fourth-order valence-electron chi connectivity index (χ4n) is 3.41. The van der Waals surface area contributed by atoms with Crippen molar-refractivity contribution in [2.45, 2.75) is 46.1 Å². The average molecular weight is 366 g/mol. The van der Waals surface area contributed by atoms with E-state index in [9.17, 15) is 9.59 Å². The van der Waals surface area contributed by atoms with E-state index in [1.165, 1.54) is 0 Å². The zero-order chi connectivity index (χ0) is 19.4. The summed E-state index contributed by atoms with van der Waals surface area (Å²) in [5.74, 6) is 0.467. The van der Waals surface area contributed by atoms with Gasteiger partial charge in [0.25, 0.3) is 5.91 Å². The van der Waals surface area contributed by atoms with Gasteiger partial charge in [0.1, 0.15) is 5.75 Å². The van der Waals surface area contributed by atoms with Crippen LogP contribution in [-0.4, -0.2) is 24.5 Å². The molecule has 1 N–H and O–H groups in total. The number of hydrogen-bond acceptors (Lipinski definition) is 3. The lowest BCUT2D eigenvalue weighted by Gasteiger charge is -2.32. The highest BCUT2D eigenvalue weighted by atomic mass is 16.5. The number of benzene rings is 2. The van der Waals surface area contributed by atoms with Crippen LogP contribution in [0.15, 0.2) is 42.5 Å². The molecule has 0 saturated heterocycles. The van der Waals surface area contributed by atoms with E-state index in [0.717, 1.165) is 35.3 Å². The van der Waals surface area contributed by atoms with Crippen molar-refractivity contribution in [3.63, 3.8) is 0 Å². The third-order valence-corrected chi connectivity index (χ3v) is 4.90. The van der Waals surface area contributed by atoms with Crippen LogP contribution >= 0.6 is 0 Å². The number of nitrogens with one attached hydrogen (secondary N) is 1. The fraction of sp³-hybridized carbons (Fsp3) is 0.364. The highest BCUT2D eigenvalue weighted by Crippen LogP contribution is 2.33. The van der Waals surface area contributed by atoms with E-state index in [4.69, 9.17) is 4.74 Å². The quantitative estimate of drug-likeness (QED) is 0.842. The smallest absolute Gasteiger partial charge is 0.267 e. The Balaban J connectivity index is 1.72. The van der Waals surface area contributed by atoms with Crippen molar-refractivity contribution in [2.75, 3.05) is 16.8 Å². The molecule has 1 atom stereocenters. The van der Waals surface area contributed by atoms with Crippen LogP contribution in [0, 0.1) is 0 Å². The molecule has 0 fully saturated rings. The summed E-state index contributed by atoms with van der Waals surface area (Å²) in [6.07, 6.45) is 1.40. The summed E-state index contributed by atoms with van der Waals surface area (Å²) in [5, 5.41) is 3.06. The molecule has 0 saturated carbocycles. The van der Waals surface area contributed by atoms with Gasteiger partial charge in [-0.05, 0) is 43.0 Å². The van der Waals surface area contributed by atoms with E-state index < -0.39 is 6.10 Å². The van der Waals surface area contributed by atoms with Gasteiger partial charge in [-0.25, -0.2) is 0 Å². The second-order valence-corrected chi connectivity index (χ2v) is 6.67. The first-order chi connectivity index (χ1) is 13.0. The molecule has 142 valence electrons. The second kappa shape index (κ2) is 8.25. The minimum atomic E-state index is -0.546. The molecule has 5 heteroatoms. The van der Waals surface area contributed by atoms with Crippen LogP contribution in [0.2, 0.25) is 0 Å². The zero-order valence-electron chi connectivity index (χ0n) is 16.1. The maximum absolute atomic E-state index is 12.6. The largest absolute Gasteiger partial charge is 0.479 e. The molecule has 1 aliphatic rings. The number of aryl methyl sites for hydroxylation is 2. The van der Waals surface area contributed by atoms with Crippen molar-refractivity contribution < 1.29 is 14.3 Å². The van der Waals surface area contributed by atoms with Gasteiger partial charge in [0, 0.05) is 18.7 Å². The summed E-state index contributed by atoms with van der Waals surface area (Å²) >= 11 is 0. The minimum Gasteiger partial charge on any atom is -0.479 e. The van der Waals surface area contributed by atoms with Crippen molar-refractivity contribution in [2.24, 2.45) is 0 Å². The van der Waals surface area contributed by atoms with E-state index in [1.54, 1.807) is 11.8 Å². The van der Waals surface area contributed by atoms with Gasteiger partial charge in [0.05, 0.1) is 5.69 Å². The molecule has 0 bridgehead atoms.